The molecule has 4 atom stereocenters. The third-order valence-corrected chi connectivity index (χ3v) is 11.8. The molecule has 2 aliphatic heterocycles. The number of imide groups is 1. The van der Waals surface area contributed by atoms with Gasteiger partial charge in [0, 0.05) is 24.7 Å². The molecule has 2 aromatic carbocycles. The molecule has 318 valence electrons. The largest absolute Gasteiger partial charge is 0.495 e. The first-order chi connectivity index (χ1) is 27.5. The lowest BCUT2D eigenvalue weighted by molar-refractivity contribution is -0.124. The summed E-state index contributed by atoms with van der Waals surface area (Å²) < 4.78 is 59.4. The molecule has 58 heavy (non-hydrogen) atoms. The number of ether oxygens (including phenoxy) is 3. The second-order valence-corrected chi connectivity index (χ2v) is 16.4. The number of nitrogens with zero attached hydrogens (tertiary/aromatic N) is 2. The van der Waals surface area contributed by atoms with Crippen LogP contribution >= 0.6 is 11.6 Å². The van der Waals surface area contributed by atoms with Crippen molar-refractivity contribution in [3.63, 3.8) is 0 Å². The van der Waals surface area contributed by atoms with E-state index in [9.17, 15) is 28.7 Å². The highest BCUT2D eigenvalue weighted by atomic mass is 35.5. The average Bonchev–Trinajstić information content (AvgIpc) is 3.53. The number of piperidine rings is 1. The molecule has 1 saturated carbocycles. The summed E-state index contributed by atoms with van der Waals surface area (Å²) in [6.45, 7) is 8.16. The number of amides is 4. The molecule has 4 unspecified atom stereocenters. The molecule has 2 saturated heterocycles. The number of hydrogen-bond donors (Lipinski definition) is 4. The van der Waals surface area contributed by atoms with E-state index in [1.807, 2.05) is 14.0 Å². The van der Waals surface area contributed by atoms with Crippen LogP contribution < -0.4 is 30.2 Å². The number of aromatic carboxylic acids is 1. The first-order valence-electron chi connectivity index (χ1n) is 19.2. The van der Waals surface area contributed by atoms with Gasteiger partial charge in [0.25, 0.3) is 0 Å². The van der Waals surface area contributed by atoms with E-state index in [2.05, 4.69) is 34.7 Å². The number of rotatable bonds is 16. The smallest absolute Gasteiger partial charge is 0.482 e. The number of nitrogens with one attached hydrogen (secondary N) is 3. The Bertz CT molecular complexity index is 1860. The van der Waals surface area contributed by atoms with Crippen molar-refractivity contribution in [3.8, 4) is 17.2 Å². The van der Waals surface area contributed by atoms with E-state index in [-0.39, 0.29) is 63.9 Å². The van der Waals surface area contributed by atoms with E-state index in [4.69, 9.17) is 35.1 Å². The number of halogens is 3. The van der Waals surface area contributed by atoms with Crippen LogP contribution in [0.4, 0.5) is 13.6 Å². The minimum Gasteiger partial charge on any atom is -0.495 e. The van der Waals surface area contributed by atoms with Crippen molar-refractivity contribution in [3.05, 3.63) is 51.5 Å². The lowest BCUT2D eigenvalue weighted by Crippen LogP contribution is -2.54. The summed E-state index contributed by atoms with van der Waals surface area (Å²) in [6.07, 6.45) is 3.66. The molecule has 5 rings (SSSR count). The second kappa shape index (κ2) is 18.8. The quantitative estimate of drug-likeness (QED) is 0.139. The summed E-state index contributed by atoms with van der Waals surface area (Å²) in [7, 11) is 4.39. The Morgan fingerprint density at radius 3 is 2.33 bits per heavy atom. The minimum atomic E-state index is -1.76. The Morgan fingerprint density at radius 1 is 1.03 bits per heavy atom. The molecule has 0 spiro atoms. The highest BCUT2D eigenvalue weighted by Crippen LogP contribution is 2.48. The summed E-state index contributed by atoms with van der Waals surface area (Å²) >= 11 is 6.76. The van der Waals surface area contributed by atoms with Gasteiger partial charge in [0.2, 0.25) is 12.3 Å². The van der Waals surface area contributed by atoms with Gasteiger partial charge in [-0.25, -0.2) is 18.4 Å². The van der Waals surface area contributed by atoms with Crippen molar-refractivity contribution >= 4 is 43.0 Å². The zero-order valence-corrected chi connectivity index (χ0v) is 34.7. The van der Waals surface area contributed by atoms with Crippen LogP contribution in [0.25, 0.3) is 0 Å². The van der Waals surface area contributed by atoms with Crippen LogP contribution in [0, 0.1) is 17.0 Å². The van der Waals surface area contributed by atoms with E-state index >= 15 is 4.39 Å². The van der Waals surface area contributed by atoms with Gasteiger partial charge in [0.05, 0.1) is 44.0 Å². The number of carboxylic acids is 1. The molecule has 2 aromatic rings. The fourth-order valence-electron chi connectivity index (χ4n) is 8.43. The number of carbonyl (C=O) groups excluding carboxylic acids is 3. The van der Waals surface area contributed by atoms with Crippen LogP contribution in [-0.4, -0.2) is 125 Å². The van der Waals surface area contributed by atoms with Crippen LogP contribution in [0.15, 0.2) is 18.2 Å². The second-order valence-electron chi connectivity index (χ2n) is 16.0. The zero-order valence-electron chi connectivity index (χ0n) is 33.9. The molecule has 0 bridgehead atoms. The lowest BCUT2D eigenvalue weighted by atomic mass is 9.69. The predicted molar refractivity (Wildman–Crippen MR) is 210 cm³/mol. The van der Waals surface area contributed by atoms with Crippen LogP contribution in [0.5, 0.6) is 17.2 Å². The fraction of sp³-hybridized carbons (Fsp3) is 0.590. The zero-order chi connectivity index (χ0) is 42.5. The van der Waals surface area contributed by atoms with Crippen molar-refractivity contribution in [2.75, 3.05) is 54.6 Å². The Hall–Kier alpha value is -4.23. The summed E-state index contributed by atoms with van der Waals surface area (Å²) in [5, 5.41) is 18.3. The highest BCUT2D eigenvalue weighted by Gasteiger charge is 2.56. The maximum absolute atomic E-state index is 15.6. The molecule has 15 nitrogen and oxygen atoms in total. The van der Waals surface area contributed by atoms with Gasteiger partial charge in [0.15, 0.2) is 17.3 Å². The SMILES string of the molecule is COc1c(F)cc(C(NC(=O)N(C=O)CCN(C)C2CCNCC2)C(=O)NC(Cc2ccc(F)c(C(=O)O)c2OC)B2OC3CCC(C)(C)CC3(C)O2)c(Cl)c1OC. The van der Waals surface area contributed by atoms with Crippen molar-refractivity contribution in [1.82, 2.24) is 25.8 Å². The van der Waals surface area contributed by atoms with Crippen molar-refractivity contribution in [1.29, 1.82) is 0 Å². The van der Waals surface area contributed by atoms with Gasteiger partial charge in [-0.1, -0.05) is 31.5 Å². The molecule has 3 fully saturated rings. The van der Waals surface area contributed by atoms with E-state index < -0.39 is 59.8 Å². The first-order valence-corrected chi connectivity index (χ1v) is 19.6. The third kappa shape index (κ3) is 9.79. The number of likely N-dealkylation sites (N-methyl/N-ethyl adjacent to an activating group) is 1. The van der Waals surface area contributed by atoms with E-state index in [0.29, 0.717) is 25.8 Å². The highest BCUT2D eigenvalue weighted by molar-refractivity contribution is 6.48. The number of urea groups is 1. The molecule has 0 radical (unpaired) electrons. The number of methoxy groups -OCH3 is 3. The average molecular weight is 836 g/mol. The molecule has 19 heteroatoms. The van der Waals surface area contributed by atoms with Crippen molar-refractivity contribution in [2.24, 2.45) is 5.41 Å². The molecule has 0 aromatic heterocycles. The molecule has 3 aliphatic rings. The maximum atomic E-state index is 15.6. The summed E-state index contributed by atoms with van der Waals surface area (Å²) in [5.74, 6) is -6.51. The summed E-state index contributed by atoms with van der Waals surface area (Å²) in [6, 6.07) is 0.731. The lowest BCUT2D eigenvalue weighted by Gasteiger charge is -2.43. The standard InChI is InChI=1S/C39H53BClF2N5O10/c1-38(2)13-10-27-39(3,20-38)58-40(57-27)28(18-22-8-9-25(42)29(36(51)52)32(22)54-5)45-35(50)31(24-19-26(43)33(55-6)34(56-7)30(24)41)46-37(53)48(21-49)17-16-47(4)23-11-14-44-15-12-23/h8-9,19,21,23,27-28,31,44H,10-18,20H2,1-7H3,(H,45,50)(H,46,53)(H,51,52). The fourth-order valence-corrected chi connectivity index (χ4v) is 8.76. The van der Waals surface area contributed by atoms with Gasteiger partial charge >= 0.3 is 19.1 Å². The first kappa shape index (κ1) is 44.9. The summed E-state index contributed by atoms with van der Waals surface area (Å²) in [5.41, 5.74) is -1.61. The van der Waals surface area contributed by atoms with Gasteiger partial charge in [-0.15, -0.1) is 0 Å². The third-order valence-electron chi connectivity index (χ3n) is 11.4. The normalized spacial score (nSPS) is 21.4. The molecule has 2 heterocycles. The number of hydrogen-bond acceptors (Lipinski definition) is 11. The van der Waals surface area contributed by atoms with E-state index in [1.165, 1.54) is 27.4 Å². The van der Waals surface area contributed by atoms with Crippen molar-refractivity contribution in [2.45, 2.75) is 89.0 Å². The van der Waals surface area contributed by atoms with Gasteiger partial charge in [-0.3, -0.25) is 14.5 Å². The van der Waals surface area contributed by atoms with E-state index in [0.717, 1.165) is 49.4 Å². The van der Waals surface area contributed by atoms with Gasteiger partial charge < -0.3 is 49.5 Å². The van der Waals surface area contributed by atoms with Crippen LogP contribution in [-0.2, 0) is 25.3 Å². The topological polar surface area (TPSA) is 177 Å². The van der Waals surface area contributed by atoms with Crippen LogP contribution in [0.2, 0.25) is 5.02 Å². The Kier molecular flexibility index (Phi) is 14.5. The minimum absolute atomic E-state index is 0.0307. The number of fused-ring (bicyclic) bond motifs is 1. The van der Waals surface area contributed by atoms with Gasteiger partial charge in [0.1, 0.15) is 23.2 Å². The molecular weight excluding hydrogens is 783 g/mol. The summed E-state index contributed by atoms with van der Waals surface area (Å²) in [4.78, 5) is 56.0. The Morgan fingerprint density at radius 2 is 1.71 bits per heavy atom. The molecule has 4 N–H and O–H groups in total. The molecular formula is C39H53BClF2N5O10. The number of benzene rings is 2. The monoisotopic (exact) mass is 835 g/mol. The van der Waals surface area contributed by atoms with Crippen LogP contribution in [0.3, 0.4) is 0 Å². The predicted octanol–water partition coefficient (Wildman–Crippen LogP) is 4.37. The number of carbonyl (C=O) groups is 4. The van der Waals surface area contributed by atoms with E-state index in [1.54, 1.807) is 0 Å². The Labute approximate surface area is 342 Å². The molecule has 4 amide bonds. The number of carboxylic acid groups (broad SMARTS) is 1. The molecule has 1 aliphatic carbocycles. The maximum Gasteiger partial charge on any atom is 0.482 e. The Balaban J connectivity index is 1.52. The van der Waals surface area contributed by atoms with Gasteiger partial charge in [-0.2, -0.15) is 0 Å². The van der Waals surface area contributed by atoms with Gasteiger partial charge in [-0.05, 0) is 88.7 Å². The van der Waals surface area contributed by atoms with Crippen LogP contribution in [0.1, 0.15) is 80.4 Å². The van der Waals surface area contributed by atoms with Crippen molar-refractivity contribution < 1.29 is 56.6 Å².